The van der Waals surface area contributed by atoms with Crippen molar-refractivity contribution >= 4 is 17.0 Å². The van der Waals surface area contributed by atoms with Gasteiger partial charge in [-0.15, -0.1) is 11.3 Å². The largest absolute Gasteiger partial charge is 0.348 e. The van der Waals surface area contributed by atoms with Crippen LogP contribution in [0, 0.1) is 6.92 Å². The SMILES string of the molecule is C/C(=N\n1c(C)cn(C)c1=O)c1cccs1. The molecule has 0 radical (unpaired) electrons. The molecule has 0 aromatic carbocycles. The molecule has 4 nitrogen and oxygen atoms in total. The van der Waals surface area contributed by atoms with E-state index in [1.165, 1.54) is 9.24 Å². The summed E-state index contributed by atoms with van der Waals surface area (Å²) in [7, 11) is 1.72. The Balaban J connectivity index is 2.47. The molecule has 2 aromatic heterocycles. The molecule has 84 valence electrons. The molecule has 0 fully saturated rings. The van der Waals surface area contributed by atoms with Crippen LogP contribution in [0.15, 0.2) is 33.6 Å². The second-order valence-electron chi connectivity index (χ2n) is 3.64. The lowest BCUT2D eigenvalue weighted by molar-refractivity contribution is 0.747. The molecular formula is C11H13N3OS. The summed E-state index contributed by atoms with van der Waals surface area (Å²) in [6, 6.07) is 3.96. The van der Waals surface area contributed by atoms with Gasteiger partial charge in [-0.05, 0) is 25.3 Å². The van der Waals surface area contributed by atoms with Crippen molar-refractivity contribution in [1.29, 1.82) is 0 Å². The molecule has 0 aliphatic rings. The lowest BCUT2D eigenvalue weighted by Gasteiger charge is -1.98. The van der Waals surface area contributed by atoms with Gasteiger partial charge in [-0.1, -0.05) is 6.07 Å². The van der Waals surface area contributed by atoms with Gasteiger partial charge in [-0.3, -0.25) is 0 Å². The first-order chi connectivity index (χ1) is 7.59. The maximum absolute atomic E-state index is 11.7. The highest BCUT2D eigenvalue weighted by Crippen LogP contribution is 2.10. The molecule has 0 atom stereocenters. The van der Waals surface area contributed by atoms with Gasteiger partial charge in [0, 0.05) is 13.2 Å². The molecular weight excluding hydrogens is 222 g/mol. The molecule has 0 aliphatic carbocycles. The van der Waals surface area contributed by atoms with Crippen molar-refractivity contribution in [2.45, 2.75) is 13.8 Å². The fourth-order valence-corrected chi connectivity index (χ4v) is 2.17. The number of nitrogens with zero attached hydrogens (tertiary/aromatic N) is 3. The highest BCUT2D eigenvalue weighted by atomic mass is 32.1. The van der Waals surface area contributed by atoms with Gasteiger partial charge in [0.2, 0.25) is 0 Å². The van der Waals surface area contributed by atoms with Crippen LogP contribution in [0.1, 0.15) is 17.5 Å². The van der Waals surface area contributed by atoms with E-state index in [0.29, 0.717) is 0 Å². The number of rotatable bonds is 2. The summed E-state index contributed by atoms with van der Waals surface area (Å²) < 4.78 is 2.95. The first-order valence-electron chi connectivity index (χ1n) is 4.94. The quantitative estimate of drug-likeness (QED) is 0.732. The van der Waals surface area contributed by atoms with Crippen LogP contribution in [-0.4, -0.2) is 15.0 Å². The van der Waals surface area contributed by atoms with Crippen LogP contribution in [0.2, 0.25) is 0 Å². The third-order valence-corrected chi connectivity index (χ3v) is 3.30. The van der Waals surface area contributed by atoms with Crippen molar-refractivity contribution in [2.24, 2.45) is 12.1 Å². The monoisotopic (exact) mass is 235 g/mol. The third-order valence-electron chi connectivity index (χ3n) is 2.33. The van der Waals surface area contributed by atoms with Gasteiger partial charge in [0.05, 0.1) is 16.3 Å². The second-order valence-corrected chi connectivity index (χ2v) is 4.59. The van der Waals surface area contributed by atoms with Crippen LogP contribution in [0.25, 0.3) is 0 Å². The highest BCUT2D eigenvalue weighted by Gasteiger charge is 2.05. The van der Waals surface area contributed by atoms with E-state index < -0.39 is 0 Å². The van der Waals surface area contributed by atoms with Gasteiger partial charge < -0.3 is 4.57 Å². The molecule has 5 heteroatoms. The number of aromatic nitrogens is 2. The summed E-state index contributed by atoms with van der Waals surface area (Å²) >= 11 is 1.62. The fraction of sp³-hybridized carbons (Fsp3) is 0.273. The number of hydrogen-bond acceptors (Lipinski definition) is 3. The predicted molar refractivity (Wildman–Crippen MR) is 66.3 cm³/mol. The van der Waals surface area contributed by atoms with Crippen LogP contribution in [0.3, 0.4) is 0 Å². The molecule has 16 heavy (non-hydrogen) atoms. The van der Waals surface area contributed by atoms with Gasteiger partial charge in [-0.25, -0.2) is 4.79 Å². The maximum Gasteiger partial charge on any atom is 0.348 e. The summed E-state index contributed by atoms with van der Waals surface area (Å²) in [4.78, 5) is 12.8. The number of thiophene rings is 1. The molecule has 0 spiro atoms. The molecule has 2 heterocycles. The highest BCUT2D eigenvalue weighted by molar-refractivity contribution is 7.12. The lowest BCUT2D eigenvalue weighted by atomic mass is 10.3. The topological polar surface area (TPSA) is 39.3 Å². The minimum absolute atomic E-state index is 0.117. The average molecular weight is 235 g/mol. The van der Waals surface area contributed by atoms with Crippen molar-refractivity contribution in [3.8, 4) is 0 Å². The van der Waals surface area contributed by atoms with Gasteiger partial charge in [-0.2, -0.15) is 9.78 Å². The zero-order chi connectivity index (χ0) is 11.7. The Morgan fingerprint density at radius 2 is 2.25 bits per heavy atom. The van der Waals surface area contributed by atoms with Crippen molar-refractivity contribution < 1.29 is 0 Å². The predicted octanol–water partition coefficient (Wildman–Crippen LogP) is 1.83. The summed E-state index contributed by atoms with van der Waals surface area (Å²) in [5.74, 6) is 0. The first kappa shape index (κ1) is 10.9. The number of hydrogen-bond donors (Lipinski definition) is 0. The van der Waals surface area contributed by atoms with Crippen LogP contribution in [0.4, 0.5) is 0 Å². The van der Waals surface area contributed by atoms with Gasteiger partial charge in [0.15, 0.2) is 0 Å². The Kier molecular flexibility index (Phi) is 2.78. The average Bonchev–Trinajstić information content (AvgIpc) is 2.83. The van der Waals surface area contributed by atoms with Crippen molar-refractivity contribution in [3.63, 3.8) is 0 Å². The zero-order valence-corrected chi connectivity index (χ0v) is 10.3. The van der Waals surface area contributed by atoms with E-state index >= 15 is 0 Å². The Labute approximate surface area is 97.5 Å². The normalized spacial score (nSPS) is 12.1. The fourth-order valence-electron chi connectivity index (χ4n) is 1.50. The van der Waals surface area contributed by atoms with E-state index in [2.05, 4.69) is 5.10 Å². The smallest absolute Gasteiger partial charge is 0.300 e. The van der Waals surface area contributed by atoms with E-state index in [1.54, 1.807) is 24.6 Å². The third kappa shape index (κ3) is 1.86. The molecule has 0 saturated carbocycles. The van der Waals surface area contributed by atoms with Crippen molar-refractivity contribution in [2.75, 3.05) is 0 Å². The molecule has 2 rings (SSSR count). The molecule has 0 N–H and O–H groups in total. The van der Waals surface area contributed by atoms with Crippen LogP contribution < -0.4 is 5.69 Å². The van der Waals surface area contributed by atoms with Gasteiger partial charge in [0.25, 0.3) is 0 Å². The van der Waals surface area contributed by atoms with Crippen LogP contribution in [0.5, 0.6) is 0 Å². The molecule has 0 bridgehead atoms. The molecule has 2 aromatic rings. The Bertz CT molecular complexity index is 575. The van der Waals surface area contributed by atoms with Crippen molar-refractivity contribution in [1.82, 2.24) is 9.24 Å². The zero-order valence-electron chi connectivity index (χ0n) is 9.47. The Morgan fingerprint density at radius 1 is 1.50 bits per heavy atom. The summed E-state index contributed by atoms with van der Waals surface area (Å²) in [5, 5.41) is 6.33. The molecule has 0 aliphatic heterocycles. The number of imidazole rings is 1. The summed E-state index contributed by atoms with van der Waals surface area (Å²) in [6.07, 6.45) is 1.77. The molecule has 0 unspecified atom stereocenters. The van der Waals surface area contributed by atoms with Crippen LogP contribution in [-0.2, 0) is 7.05 Å². The lowest BCUT2D eigenvalue weighted by Crippen LogP contribution is -2.20. The summed E-state index contributed by atoms with van der Waals surface area (Å²) in [6.45, 7) is 3.78. The maximum atomic E-state index is 11.7. The van der Waals surface area contributed by atoms with E-state index in [-0.39, 0.29) is 5.69 Å². The Hall–Kier alpha value is -1.62. The van der Waals surface area contributed by atoms with Crippen molar-refractivity contribution in [3.05, 3.63) is 44.8 Å². The van der Waals surface area contributed by atoms with Gasteiger partial charge >= 0.3 is 5.69 Å². The molecule has 0 saturated heterocycles. The van der Waals surface area contributed by atoms with Gasteiger partial charge in [0.1, 0.15) is 0 Å². The summed E-state index contributed by atoms with van der Waals surface area (Å²) in [5.41, 5.74) is 1.57. The van der Waals surface area contributed by atoms with E-state index in [1.807, 2.05) is 31.4 Å². The Morgan fingerprint density at radius 3 is 2.75 bits per heavy atom. The standard InChI is InChI=1S/C11H13N3OS/c1-8-7-13(3)11(15)14(8)12-9(2)10-5-4-6-16-10/h4-7H,1-3H3/b12-9+. The number of aryl methyl sites for hydroxylation is 2. The molecule has 0 amide bonds. The van der Waals surface area contributed by atoms with E-state index in [4.69, 9.17) is 0 Å². The van der Waals surface area contributed by atoms with Crippen LogP contribution >= 0.6 is 11.3 Å². The first-order valence-corrected chi connectivity index (χ1v) is 5.82. The minimum atomic E-state index is -0.117. The van der Waals surface area contributed by atoms with E-state index in [9.17, 15) is 4.79 Å². The second kappa shape index (κ2) is 4.09. The van der Waals surface area contributed by atoms with E-state index in [0.717, 1.165) is 16.3 Å². The minimum Gasteiger partial charge on any atom is -0.300 e.